The Morgan fingerprint density at radius 2 is 1.80 bits per heavy atom. The van der Waals surface area contributed by atoms with Gasteiger partial charge in [-0.3, -0.25) is 4.90 Å². The van der Waals surface area contributed by atoms with Gasteiger partial charge in [-0.25, -0.2) is 0 Å². The SMILES string of the molecule is C=C(CCCC1CCN(Cc2ccccc2C)CC1)c1ccc2c(c1)CCNCC2. The van der Waals surface area contributed by atoms with Gasteiger partial charge in [-0.2, -0.15) is 0 Å². The smallest absolute Gasteiger partial charge is 0.0236 e. The summed E-state index contributed by atoms with van der Waals surface area (Å²) in [5.74, 6) is 0.893. The summed E-state index contributed by atoms with van der Waals surface area (Å²) in [4.78, 5) is 2.64. The van der Waals surface area contributed by atoms with Gasteiger partial charge in [0.1, 0.15) is 0 Å². The van der Waals surface area contributed by atoms with Gasteiger partial charge in [0, 0.05) is 6.54 Å². The van der Waals surface area contributed by atoms with Gasteiger partial charge in [-0.15, -0.1) is 0 Å². The summed E-state index contributed by atoms with van der Waals surface area (Å²) in [6.45, 7) is 12.5. The summed E-state index contributed by atoms with van der Waals surface area (Å²) < 4.78 is 0. The topological polar surface area (TPSA) is 15.3 Å². The second-order valence-corrected chi connectivity index (χ2v) is 9.38. The van der Waals surface area contributed by atoms with Gasteiger partial charge in [0.25, 0.3) is 0 Å². The molecule has 2 aromatic rings. The standard InChI is InChI=1S/C28H38N2/c1-22(26-11-10-25-12-16-29-17-13-27(25)20-26)7-5-8-24-14-18-30(19-15-24)21-28-9-4-3-6-23(28)2/h3-4,6,9-11,20,24,29H,1,5,7-8,12-19,21H2,2H3. The Hall–Kier alpha value is -1.90. The molecule has 0 aromatic heterocycles. The number of aryl methyl sites for hydroxylation is 1. The van der Waals surface area contributed by atoms with Crippen LogP contribution in [-0.2, 0) is 19.4 Å². The maximum Gasteiger partial charge on any atom is 0.0236 e. The number of fused-ring (bicyclic) bond motifs is 1. The number of nitrogens with one attached hydrogen (secondary N) is 1. The van der Waals surface area contributed by atoms with Crippen LogP contribution in [0.5, 0.6) is 0 Å². The van der Waals surface area contributed by atoms with Crippen molar-refractivity contribution in [2.24, 2.45) is 5.92 Å². The molecule has 2 nitrogen and oxygen atoms in total. The van der Waals surface area contributed by atoms with Crippen molar-refractivity contribution in [3.8, 4) is 0 Å². The normalized spacial score (nSPS) is 18.0. The summed E-state index contributed by atoms with van der Waals surface area (Å²) in [6.07, 6.45) is 8.78. The highest BCUT2D eigenvalue weighted by Crippen LogP contribution is 2.28. The predicted octanol–water partition coefficient (Wildman–Crippen LogP) is 5.78. The Labute approximate surface area is 183 Å². The molecule has 2 heterocycles. The lowest BCUT2D eigenvalue weighted by Gasteiger charge is -2.32. The lowest BCUT2D eigenvalue weighted by atomic mass is 9.89. The number of allylic oxidation sites excluding steroid dienone is 1. The minimum Gasteiger partial charge on any atom is -0.316 e. The molecule has 0 atom stereocenters. The van der Waals surface area contributed by atoms with Gasteiger partial charge in [-0.05, 0) is 111 Å². The van der Waals surface area contributed by atoms with Gasteiger partial charge >= 0.3 is 0 Å². The van der Waals surface area contributed by atoms with E-state index in [1.165, 1.54) is 72.2 Å². The van der Waals surface area contributed by atoms with Crippen molar-refractivity contribution in [1.82, 2.24) is 10.2 Å². The van der Waals surface area contributed by atoms with E-state index >= 15 is 0 Å². The number of rotatable bonds is 7. The minimum atomic E-state index is 0.893. The molecule has 1 saturated heterocycles. The zero-order valence-electron chi connectivity index (χ0n) is 18.8. The van der Waals surface area contributed by atoms with E-state index < -0.39 is 0 Å². The Kier molecular flexibility index (Phi) is 7.41. The average Bonchev–Trinajstić information content (AvgIpc) is 3.01. The van der Waals surface area contributed by atoms with E-state index in [-0.39, 0.29) is 0 Å². The predicted molar refractivity (Wildman–Crippen MR) is 129 cm³/mol. The van der Waals surface area contributed by atoms with Crippen molar-refractivity contribution in [3.05, 3.63) is 76.9 Å². The molecule has 0 bridgehead atoms. The fourth-order valence-electron chi connectivity index (χ4n) is 5.10. The number of likely N-dealkylation sites (tertiary alicyclic amines) is 1. The highest BCUT2D eigenvalue weighted by atomic mass is 15.1. The van der Waals surface area contributed by atoms with Crippen LogP contribution in [0, 0.1) is 12.8 Å². The van der Waals surface area contributed by atoms with Crippen LogP contribution in [0.4, 0.5) is 0 Å². The highest BCUT2D eigenvalue weighted by molar-refractivity contribution is 5.64. The van der Waals surface area contributed by atoms with E-state index in [0.29, 0.717) is 0 Å². The van der Waals surface area contributed by atoms with Crippen LogP contribution >= 0.6 is 0 Å². The van der Waals surface area contributed by atoms with E-state index in [4.69, 9.17) is 0 Å². The van der Waals surface area contributed by atoms with Crippen molar-refractivity contribution in [2.45, 2.75) is 58.4 Å². The molecule has 30 heavy (non-hydrogen) atoms. The van der Waals surface area contributed by atoms with E-state index in [1.807, 2.05) is 0 Å². The molecule has 0 amide bonds. The number of nitrogens with zero attached hydrogens (tertiary/aromatic N) is 1. The highest BCUT2D eigenvalue weighted by Gasteiger charge is 2.19. The maximum absolute atomic E-state index is 4.42. The van der Waals surface area contributed by atoms with Crippen LogP contribution < -0.4 is 5.32 Å². The van der Waals surface area contributed by atoms with E-state index in [1.54, 1.807) is 0 Å². The van der Waals surface area contributed by atoms with Crippen molar-refractivity contribution in [2.75, 3.05) is 26.2 Å². The van der Waals surface area contributed by atoms with Gasteiger partial charge in [0.05, 0.1) is 0 Å². The second kappa shape index (κ2) is 10.4. The van der Waals surface area contributed by atoms with Crippen LogP contribution in [0.3, 0.4) is 0 Å². The first kappa shape index (κ1) is 21.3. The van der Waals surface area contributed by atoms with Crippen LogP contribution in [0.25, 0.3) is 5.57 Å². The van der Waals surface area contributed by atoms with Crippen LogP contribution in [0.1, 0.15) is 59.9 Å². The van der Waals surface area contributed by atoms with Gasteiger partial charge < -0.3 is 5.32 Å². The quantitative estimate of drug-likeness (QED) is 0.631. The van der Waals surface area contributed by atoms with Crippen LogP contribution in [0.15, 0.2) is 49.0 Å². The molecule has 0 aliphatic carbocycles. The van der Waals surface area contributed by atoms with Crippen molar-refractivity contribution >= 4 is 5.57 Å². The molecule has 2 heteroatoms. The summed E-state index contributed by atoms with van der Waals surface area (Å²) in [5, 5.41) is 3.51. The lowest BCUT2D eigenvalue weighted by molar-refractivity contribution is 0.171. The molecule has 2 aliphatic rings. The lowest BCUT2D eigenvalue weighted by Crippen LogP contribution is -2.33. The molecular formula is C28H38N2. The molecule has 0 unspecified atom stereocenters. The summed E-state index contributed by atoms with van der Waals surface area (Å²) in [5.41, 5.74) is 8.65. The molecule has 0 radical (unpaired) electrons. The van der Waals surface area contributed by atoms with Gasteiger partial charge in [-0.1, -0.05) is 55.5 Å². The average molecular weight is 403 g/mol. The van der Waals surface area contributed by atoms with E-state index in [9.17, 15) is 0 Å². The first-order valence-corrected chi connectivity index (χ1v) is 12.0. The van der Waals surface area contributed by atoms with Gasteiger partial charge in [0.15, 0.2) is 0 Å². The van der Waals surface area contributed by atoms with E-state index in [2.05, 4.69) is 66.2 Å². The fourth-order valence-corrected chi connectivity index (χ4v) is 5.10. The molecule has 0 spiro atoms. The number of hydrogen-bond acceptors (Lipinski definition) is 2. The summed E-state index contributed by atoms with van der Waals surface area (Å²) >= 11 is 0. The molecule has 1 fully saturated rings. The van der Waals surface area contributed by atoms with Crippen molar-refractivity contribution < 1.29 is 0 Å². The zero-order valence-corrected chi connectivity index (χ0v) is 18.8. The molecule has 0 saturated carbocycles. The van der Waals surface area contributed by atoms with E-state index in [0.717, 1.165) is 44.8 Å². The Balaban J connectivity index is 1.19. The molecule has 2 aromatic carbocycles. The number of piperidine rings is 1. The largest absolute Gasteiger partial charge is 0.316 e. The Bertz CT molecular complexity index is 845. The molecule has 160 valence electrons. The number of benzene rings is 2. The van der Waals surface area contributed by atoms with Gasteiger partial charge in [0.2, 0.25) is 0 Å². The third kappa shape index (κ3) is 5.62. The number of hydrogen-bond donors (Lipinski definition) is 1. The third-order valence-corrected chi connectivity index (χ3v) is 7.21. The molecule has 4 rings (SSSR count). The first-order valence-electron chi connectivity index (χ1n) is 12.0. The molecule has 2 aliphatic heterocycles. The maximum atomic E-state index is 4.42. The van der Waals surface area contributed by atoms with Crippen molar-refractivity contribution in [3.63, 3.8) is 0 Å². The summed E-state index contributed by atoms with van der Waals surface area (Å²) in [6, 6.07) is 15.9. The monoisotopic (exact) mass is 402 g/mol. The van der Waals surface area contributed by atoms with Crippen LogP contribution in [0.2, 0.25) is 0 Å². The van der Waals surface area contributed by atoms with Crippen molar-refractivity contribution in [1.29, 1.82) is 0 Å². The first-order chi connectivity index (χ1) is 14.7. The zero-order chi connectivity index (χ0) is 20.8. The minimum absolute atomic E-state index is 0.893. The Morgan fingerprint density at radius 3 is 2.60 bits per heavy atom. The third-order valence-electron chi connectivity index (χ3n) is 7.21. The fraction of sp³-hybridized carbons (Fsp3) is 0.500. The second-order valence-electron chi connectivity index (χ2n) is 9.38. The summed E-state index contributed by atoms with van der Waals surface area (Å²) in [7, 11) is 0. The Morgan fingerprint density at radius 1 is 1.03 bits per heavy atom. The molecule has 1 N–H and O–H groups in total. The molecular weight excluding hydrogens is 364 g/mol. The van der Waals surface area contributed by atoms with Crippen LogP contribution in [-0.4, -0.2) is 31.1 Å².